The zero-order chi connectivity index (χ0) is 12.1. The molecule has 2 aromatic heterocycles. The van der Waals surface area contributed by atoms with Gasteiger partial charge in [-0.2, -0.15) is 0 Å². The third-order valence-corrected chi connectivity index (χ3v) is 2.27. The number of aryl methyl sites for hydroxylation is 1. The van der Waals surface area contributed by atoms with Crippen LogP contribution in [0.2, 0.25) is 0 Å². The van der Waals surface area contributed by atoms with Crippen LogP contribution in [0.5, 0.6) is 11.8 Å². The molecule has 2 heterocycles. The van der Waals surface area contributed by atoms with Gasteiger partial charge in [0, 0.05) is 30.6 Å². The first-order chi connectivity index (χ1) is 8.28. The Morgan fingerprint density at radius 3 is 2.82 bits per heavy atom. The quantitative estimate of drug-likeness (QED) is 0.827. The van der Waals surface area contributed by atoms with Crippen LogP contribution in [0.25, 0.3) is 0 Å². The van der Waals surface area contributed by atoms with Gasteiger partial charge in [-0.1, -0.05) is 13.0 Å². The molecule has 0 radical (unpaired) electrons. The third kappa shape index (κ3) is 3.29. The fourth-order valence-corrected chi connectivity index (χ4v) is 1.40. The fourth-order valence-electron chi connectivity index (χ4n) is 1.40. The molecule has 0 aliphatic heterocycles. The highest BCUT2D eigenvalue weighted by molar-refractivity contribution is 5.23. The molecule has 0 bridgehead atoms. The maximum absolute atomic E-state index is 5.48. The normalized spacial score (nSPS) is 10.5. The summed E-state index contributed by atoms with van der Waals surface area (Å²) < 4.78 is 5.48. The molecule has 0 aromatic carbocycles. The van der Waals surface area contributed by atoms with Crippen LogP contribution in [0.4, 0.5) is 0 Å². The van der Waals surface area contributed by atoms with Gasteiger partial charge in [-0.05, 0) is 19.0 Å². The molecule has 0 unspecified atom stereocenters. The van der Waals surface area contributed by atoms with E-state index in [9.17, 15) is 0 Å². The van der Waals surface area contributed by atoms with Crippen molar-refractivity contribution in [3.8, 4) is 11.8 Å². The SMILES string of the molecule is CCNCc1ccc(Oc2cc(C)[nH]n2)nc1. The van der Waals surface area contributed by atoms with Crippen molar-refractivity contribution in [2.45, 2.75) is 20.4 Å². The van der Waals surface area contributed by atoms with Crippen LogP contribution in [0.1, 0.15) is 18.2 Å². The second kappa shape index (κ2) is 5.45. The van der Waals surface area contributed by atoms with Gasteiger partial charge in [0.1, 0.15) is 0 Å². The van der Waals surface area contributed by atoms with Gasteiger partial charge >= 0.3 is 0 Å². The Morgan fingerprint density at radius 2 is 2.24 bits per heavy atom. The highest BCUT2D eigenvalue weighted by Gasteiger charge is 2.02. The lowest BCUT2D eigenvalue weighted by atomic mass is 10.3. The van der Waals surface area contributed by atoms with Crippen molar-refractivity contribution in [2.24, 2.45) is 0 Å². The molecule has 0 saturated heterocycles. The Labute approximate surface area is 100 Å². The molecule has 0 aliphatic rings. The molecular weight excluding hydrogens is 216 g/mol. The number of aromatic amines is 1. The minimum absolute atomic E-state index is 0.537. The van der Waals surface area contributed by atoms with Gasteiger partial charge in [-0.25, -0.2) is 4.98 Å². The van der Waals surface area contributed by atoms with Crippen molar-refractivity contribution in [3.63, 3.8) is 0 Å². The molecule has 2 aromatic rings. The predicted molar refractivity (Wildman–Crippen MR) is 65.0 cm³/mol. The van der Waals surface area contributed by atoms with E-state index in [0.717, 1.165) is 24.3 Å². The van der Waals surface area contributed by atoms with Crippen LogP contribution in [-0.2, 0) is 6.54 Å². The van der Waals surface area contributed by atoms with Crippen LogP contribution >= 0.6 is 0 Å². The number of ether oxygens (including phenoxy) is 1. The number of pyridine rings is 1. The molecule has 0 aliphatic carbocycles. The lowest BCUT2D eigenvalue weighted by Gasteiger charge is -2.03. The maximum Gasteiger partial charge on any atom is 0.240 e. The van der Waals surface area contributed by atoms with Gasteiger partial charge in [-0.3, -0.25) is 5.10 Å². The van der Waals surface area contributed by atoms with Crippen molar-refractivity contribution in [1.29, 1.82) is 0 Å². The van der Waals surface area contributed by atoms with Crippen LogP contribution in [-0.4, -0.2) is 21.7 Å². The monoisotopic (exact) mass is 232 g/mol. The second-order valence-corrected chi connectivity index (χ2v) is 3.78. The first-order valence-corrected chi connectivity index (χ1v) is 5.63. The van der Waals surface area contributed by atoms with Crippen molar-refractivity contribution in [2.75, 3.05) is 6.54 Å². The van der Waals surface area contributed by atoms with E-state index >= 15 is 0 Å². The van der Waals surface area contributed by atoms with E-state index in [4.69, 9.17) is 4.74 Å². The lowest BCUT2D eigenvalue weighted by Crippen LogP contribution is -2.11. The van der Waals surface area contributed by atoms with Gasteiger partial charge in [0.05, 0.1) is 0 Å². The highest BCUT2D eigenvalue weighted by Crippen LogP contribution is 2.17. The van der Waals surface area contributed by atoms with Crippen molar-refractivity contribution >= 4 is 0 Å². The molecule has 0 fully saturated rings. The standard InChI is InChI=1S/C12H16N4O/c1-3-13-7-10-4-5-11(14-8-10)17-12-6-9(2)15-16-12/h4-6,8,13H,3,7H2,1-2H3,(H,15,16). The van der Waals surface area contributed by atoms with Gasteiger partial charge in [0.2, 0.25) is 11.8 Å². The number of rotatable bonds is 5. The molecule has 0 atom stereocenters. The summed E-state index contributed by atoms with van der Waals surface area (Å²) in [6, 6.07) is 5.66. The Bertz CT molecular complexity index is 464. The van der Waals surface area contributed by atoms with Crippen LogP contribution < -0.4 is 10.1 Å². The lowest BCUT2D eigenvalue weighted by molar-refractivity contribution is 0.443. The second-order valence-electron chi connectivity index (χ2n) is 3.78. The molecule has 5 nitrogen and oxygen atoms in total. The first-order valence-electron chi connectivity index (χ1n) is 5.63. The summed E-state index contributed by atoms with van der Waals surface area (Å²) in [5.41, 5.74) is 2.10. The van der Waals surface area contributed by atoms with E-state index in [-0.39, 0.29) is 0 Å². The van der Waals surface area contributed by atoms with Crippen molar-refractivity contribution in [1.82, 2.24) is 20.5 Å². The number of H-pyrrole nitrogens is 1. The largest absolute Gasteiger partial charge is 0.419 e. The van der Waals surface area contributed by atoms with Crippen LogP contribution in [0.15, 0.2) is 24.4 Å². The number of nitrogens with one attached hydrogen (secondary N) is 2. The molecule has 90 valence electrons. The number of hydrogen-bond acceptors (Lipinski definition) is 4. The number of aromatic nitrogens is 3. The van der Waals surface area contributed by atoms with Crippen LogP contribution in [0.3, 0.4) is 0 Å². The van der Waals surface area contributed by atoms with Crippen LogP contribution in [0, 0.1) is 6.92 Å². The van der Waals surface area contributed by atoms with Gasteiger partial charge in [-0.15, -0.1) is 5.10 Å². The zero-order valence-electron chi connectivity index (χ0n) is 10.0. The Kier molecular flexibility index (Phi) is 3.72. The Hall–Kier alpha value is -1.88. The van der Waals surface area contributed by atoms with Gasteiger partial charge < -0.3 is 10.1 Å². The minimum atomic E-state index is 0.537. The average Bonchev–Trinajstić information content (AvgIpc) is 2.74. The van der Waals surface area contributed by atoms with Crippen molar-refractivity contribution in [3.05, 3.63) is 35.7 Å². The topological polar surface area (TPSA) is 62.8 Å². The summed E-state index contributed by atoms with van der Waals surface area (Å²) >= 11 is 0. The third-order valence-electron chi connectivity index (χ3n) is 2.27. The van der Waals surface area contributed by atoms with Gasteiger partial charge in [0.15, 0.2) is 0 Å². The molecule has 17 heavy (non-hydrogen) atoms. The summed E-state index contributed by atoms with van der Waals surface area (Å²) in [5, 5.41) is 10.0. The summed E-state index contributed by atoms with van der Waals surface area (Å²) in [7, 11) is 0. The highest BCUT2D eigenvalue weighted by atomic mass is 16.5. The minimum Gasteiger partial charge on any atom is -0.419 e. The van der Waals surface area contributed by atoms with Crippen molar-refractivity contribution < 1.29 is 4.74 Å². The summed E-state index contributed by atoms with van der Waals surface area (Å²) in [6.07, 6.45) is 1.80. The summed E-state index contributed by atoms with van der Waals surface area (Å²) in [4.78, 5) is 4.22. The smallest absolute Gasteiger partial charge is 0.240 e. The Morgan fingerprint density at radius 1 is 1.35 bits per heavy atom. The van der Waals surface area contributed by atoms with E-state index in [1.807, 2.05) is 25.1 Å². The molecule has 0 saturated carbocycles. The first kappa shape index (κ1) is 11.6. The van der Waals surface area contributed by atoms with E-state index in [2.05, 4.69) is 27.4 Å². The molecule has 2 N–H and O–H groups in total. The number of nitrogens with zero attached hydrogens (tertiary/aromatic N) is 2. The van der Waals surface area contributed by atoms with E-state index < -0.39 is 0 Å². The zero-order valence-corrected chi connectivity index (χ0v) is 10.0. The van der Waals surface area contributed by atoms with E-state index in [0.29, 0.717) is 11.8 Å². The molecule has 0 amide bonds. The molecule has 5 heteroatoms. The van der Waals surface area contributed by atoms with Gasteiger partial charge in [0.25, 0.3) is 0 Å². The number of hydrogen-bond donors (Lipinski definition) is 2. The molecular formula is C12H16N4O. The average molecular weight is 232 g/mol. The summed E-state index contributed by atoms with van der Waals surface area (Å²) in [6.45, 7) is 5.77. The van der Waals surface area contributed by atoms with E-state index in [1.54, 1.807) is 6.20 Å². The van der Waals surface area contributed by atoms with E-state index in [1.165, 1.54) is 0 Å². The molecule has 2 rings (SSSR count). The predicted octanol–water partition coefficient (Wildman–Crippen LogP) is 2.01. The molecule has 0 spiro atoms. The summed E-state index contributed by atoms with van der Waals surface area (Å²) in [5.74, 6) is 1.09. The fraction of sp³-hybridized carbons (Fsp3) is 0.333. The maximum atomic E-state index is 5.48. The Balaban J connectivity index is 1.98.